The molecule has 0 fully saturated rings. The molecule has 0 aromatic heterocycles. The average Bonchev–Trinajstić information content (AvgIpc) is 2.42. The molecule has 0 bridgehead atoms. The van der Waals surface area contributed by atoms with Crippen LogP contribution in [0.25, 0.3) is 0 Å². The molecule has 2 rings (SSSR count). The number of carbonyl (C=O) groups is 1. The summed E-state index contributed by atoms with van der Waals surface area (Å²) >= 11 is 0. The predicted molar refractivity (Wildman–Crippen MR) is 72.6 cm³/mol. The van der Waals surface area contributed by atoms with E-state index < -0.39 is 23.6 Å². The van der Waals surface area contributed by atoms with Crippen molar-refractivity contribution in [3.63, 3.8) is 0 Å². The maximum absolute atomic E-state index is 12.2. The minimum Gasteiger partial charge on any atom is -0.496 e. The van der Waals surface area contributed by atoms with Gasteiger partial charge in [0.05, 0.1) is 25.2 Å². The van der Waals surface area contributed by atoms with Crippen LogP contribution in [0.5, 0.6) is 5.75 Å². The molecular weight excluding hydrogens is 260 g/mol. The highest BCUT2D eigenvalue weighted by molar-refractivity contribution is 5.81. The van der Waals surface area contributed by atoms with Crippen molar-refractivity contribution in [3.8, 4) is 5.75 Å². The summed E-state index contributed by atoms with van der Waals surface area (Å²) in [6.07, 6.45) is -0.960. The number of benzene rings is 1. The molecule has 110 valence electrons. The van der Waals surface area contributed by atoms with Crippen LogP contribution in [0, 0.1) is 0 Å². The lowest BCUT2D eigenvalue weighted by Crippen LogP contribution is -2.41. The van der Waals surface area contributed by atoms with Crippen LogP contribution < -0.4 is 4.74 Å². The van der Waals surface area contributed by atoms with Crippen molar-refractivity contribution in [2.75, 3.05) is 13.7 Å². The molecule has 0 spiro atoms. The summed E-state index contributed by atoms with van der Waals surface area (Å²) in [7, 11) is 1.51. The van der Waals surface area contributed by atoms with Gasteiger partial charge in [-0.15, -0.1) is 0 Å². The molecule has 0 amide bonds. The number of methoxy groups -OCH3 is 1. The molecule has 20 heavy (non-hydrogen) atoms. The molecule has 3 atom stereocenters. The number of carbonyl (C=O) groups excluding carboxylic acids is 1. The Balaban J connectivity index is 2.56. The first-order valence-electron chi connectivity index (χ1n) is 6.66. The normalized spacial score (nSPS) is 28.6. The fourth-order valence-electron chi connectivity index (χ4n) is 2.76. The first-order chi connectivity index (χ1) is 9.42. The van der Waals surface area contributed by atoms with Gasteiger partial charge in [-0.1, -0.05) is 12.1 Å². The summed E-state index contributed by atoms with van der Waals surface area (Å²) < 4.78 is 10.4. The summed E-state index contributed by atoms with van der Waals surface area (Å²) in [6.45, 7) is 3.52. The van der Waals surface area contributed by atoms with Gasteiger partial charge in [0.2, 0.25) is 0 Å². The maximum atomic E-state index is 12.2. The van der Waals surface area contributed by atoms with E-state index in [1.165, 1.54) is 14.0 Å². The summed E-state index contributed by atoms with van der Waals surface area (Å²) in [5.74, 6) is -0.528. The van der Waals surface area contributed by atoms with Crippen molar-refractivity contribution in [2.45, 2.75) is 37.9 Å². The van der Waals surface area contributed by atoms with Crippen LogP contribution in [-0.4, -0.2) is 35.5 Å². The number of hydrogen-bond acceptors (Lipinski definition) is 5. The molecule has 5 nitrogen and oxygen atoms in total. The number of aliphatic hydroxyl groups excluding tert-OH is 1. The van der Waals surface area contributed by atoms with Gasteiger partial charge in [-0.3, -0.25) is 4.79 Å². The first-order valence-corrected chi connectivity index (χ1v) is 6.66. The van der Waals surface area contributed by atoms with Gasteiger partial charge in [0, 0.05) is 5.56 Å². The Bertz CT molecular complexity index is 509. The van der Waals surface area contributed by atoms with Gasteiger partial charge in [-0.2, -0.15) is 0 Å². The predicted octanol–water partition coefficient (Wildman–Crippen LogP) is 1.53. The Kier molecular flexibility index (Phi) is 4.01. The van der Waals surface area contributed by atoms with Crippen LogP contribution in [0.2, 0.25) is 0 Å². The monoisotopic (exact) mass is 280 g/mol. The Morgan fingerprint density at radius 1 is 1.50 bits per heavy atom. The molecule has 1 aliphatic rings. The lowest BCUT2D eigenvalue weighted by atomic mass is 9.72. The van der Waals surface area contributed by atoms with Crippen LogP contribution in [0.15, 0.2) is 18.2 Å². The first kappa shape index (κ1) is 14.8. The summed E-state index contributed by atoms with van der Waals surface area (Å²) in [6, 6.07) is 5.16. The van der Waals surface area contributed by atoms with Gasteiger partial charge in [0.25, 0.3) is 0 Å². The largest absolute Gasteiger partial charge is 0.496 e. The molecule has 0 saturated carbocycles. The zero-order chi connectivity index (χ0) is 14.9. The number of esters is 1. The van der Waals surface area contributed by atoms with E-state index in [0.717, 1.165) is 0 Å². The van der Waals surface area contributed by atoms with E-state index in [-0.39, 0.29) is 13.0 Å². The van der Waals surface area contributed by atoms with E-state index in [0.29, 0.717) is 16.9 Å². The van der Waals surface area contributed by atoms with Crippen molar-refractivity contribution in [2.24, 2.45) is 0 Å². The number of fused-ring (bicyclic) bond motifs is 1. The number of ether oxygens (including phenoxy) is 2. The van der Waals surface area contributed by atoms with Crippen LogP contribution in [0.3, 0.4) is 0 Å². The van der Waals surface area contributed by atoms with E-state index in [2.05, 4.69) is 0 Å². The molecule has 0 saturated heterocycles. The van der Waals surface area contributed by atoms with E-state index in [1.54, 1.807) is 25.1 Å². The third kappa shape index (κ3) is 2.39. The molecule has 0 heterocycles. The lowest BCUT2D eigenvalue weighted by molar-refractivity contribution is -0.150. The molecular formula is C15H20O5. The van der Waals surface area contributed by atoms with Crippen molar-refractivity contribution in [1.29, 1.82) is 0 Å². The smallest absolute Gasteiger partial charge is 0.313 e. The Labute approximate surface area is 118 Å². The van der Waals surface area contributed by atoms with Crippen LogP contribution in [0.1, 0.15) is 43.4 Å². The minimum absolute atomic E-state index is 0.0976. The molecule has 1 aromatic carbocycles. The zero-order valence-corrected chi connectivity index (χ0v) is 11.9. The standard InChI is InChI=1S/C15H20O5/c1-4-20-14(17)10-8-15(2,18)13(16)9-6-5-7-11(19-3)12(9)10/h5-7,10,13,16,18H,4,8H2,1-3H3/t10-,13-,15-/m1/s1. The maximum Gasteiger partial charge on any atom is 0.313 e. The molecule has 1 aromatic rings. The summed E-state index contributed by atoms with van der Waals surface area (Å²) in [5.41, 5.74) is -0.261. The van der Waals surface area contributed by atoms with E-state index in [1.807, 2.05) is 0 Å². The highest BCUT2D eigenvalue weighted by Gasteiger charge is 2.45. The number of rotatable bonds is 3. The van der Waals surface area contributed by atoms with Crippen LogP contribution >= 0.6 is 0 Å². The Hall–Kier alpha value is -1.59. The van der Waals surface area contributed by atoms with E-state index >= 15 is 0 Å². The van der Waals surface area contributed by atoms with Crippen molar-refractivity contribution in [3.05, 3.63) is 29.3 Å². The molecule has 5 heteroatoms. The fraction of sp³-hybridized carbons (Fsp3) is 0.533. The number of hydrogen-bond donors (Lipinski definition) is 2. The Morgan fingerprint density at radius 2 is 2.20 bits per heavy atom. The van der Waals surface area contributed by atoms with Gasteiger partial charge in [-0.25, -0.2) is 0 Å². The van der Waals surface area contributed by atoms with Gasteiger partial charge >= 0.3 is 5.97 Å². The fourth-order valence-corrected chi connectivity index (χ4v) is 2.76. The molecule has 0 unspecified atom stereocenters. The highest BCUT2D eigenvalue weighted by atomic mass is 16.5. The average molecular weight is 280 g/mol. The third-order valence-electron chi connectivity index (χ3n) is 3.74. The van der Waals surface area contributed by atoms with Gasteiger partial charge in [0.15, 0.2) is 0 Å². The van der Waals surface area contributed by atoms with Crippen LogP contribution in [0.4, 0.5) is 0 Å². The minimum atomic E-state index is -1.38. The van der Waals surface area contributed by atoms with Gasteiger partial charge < -0.3 is 19.7 Å². The lowest BCUT2D eigenvalue weighted by Gasteiger charge is -2.39. The quantitative estimate of drug-likeness (QED) is 0.821. The van der Waals surface area contributed by atoms with Crippen LogP contribution in [-0.2, 0) is 9.53 Å². The number of aliphatic hydroxyl groups is 2. The van der Waals surface area contributed by atoms with E-state index in [4.69, 9.17) is 9.47 Å². The Morgan fingerprint density at radius 3 is 2.80 bits per heavy atom. The van der Waals surface area contributed by atoms with Gasteiger partial charge in [0.1, 0.15) is 11.9 Å². The molecule has 0 aliphatic heterocycles. The molecule has 2 N–H and O–H groups in total. The second kappa shape index (κ2) is 5.42. The SMILES string of the molecule is CCOC(=O)[C@@H]1C[C@@](C)(O)[C@H](O)c2cccc(OC)c21. The van der Waals surface area contributed by atoms with E-state index in [9.17, 15) is 15.0 Å². The zero-order valence-electron chi connectivity index (χ0n) is 11.9. The highest BCUT2D eigenvalue weighted by Crippen LogP contribution is 2.47. The molecule has 1 aliphatic carbocycles. The van der Waals surface area contributed by atoms with Crippen molar-refractivity contribution < 1.29 is 24.5 Å². The summed E-state index contributed by atoms with van der Waals surface area (Å²) in [5, 5.41) is 20.6. The van der Waals surface area contributed by atoms with Crippen molar-refractivity contribution in [1.82, 2.24) is 0 Å². The van der Waals surface area contributed by atoms with Crippen molar-refractivity contribution >= 4 is 5.97 Å². The van der Waals surface area contributed by atoms with Gasteiger partial charge in [-0.05, 0) is 31.9 Å². The second-order valence-electron chi connectivity index (χ2n) is 5.23. The third-order valence-corrected chi connectivity index (χ3v) is 3.74. The topological polar surface area (TPSA) is 76.0 Å². The second-order valence-corrected chi connectivity index (χ2v) is 5.23. The molecule has 0 radical (unpaired) electrons. The summed E-state index contributed by atoms with van der Waals surface area (Å²) in [4.78, 5) is 12.2.